The summed E-state index contributed by atoms with van der Waals surface area (Å²) in [5, 5.41) is 15.7. The van der Waals surface area contributed by atoms with Crippen molar-refractivity contribution >= 4 is 16.7 Å². The number of rotatable bonds is 9. The van der Waals surface area contributed by atoms with Crippen LogP contribution in [0.4, 0.5) is 8.78 Å². The molecule has 0 bridgehead atoms. The molecule has 3 aromatic carbocycles. The van der Waals surface area contributed by atoms with E-state index in [1.807, 2.05) is 42.5 Å². The number of fused-ring (bicyclic) bond motifs is 2. The first-order valence-electron chi connectivity index (χ1n) is 12.9. The van der Waals surface area contributed by atoms with E-state index in [2.05, 4.69) is 10.2 Å². The molecule has 1 saturated heterocycles. The Hall–Kier alpha value is -3.23. The number of hydrogen-bond acceptors (Lipinski definition) is 5. The Bertz CT molecular complexity index is 1250. The third-order valence-corrected chi connectivity index (χ3v) is 7.13. The number of halogens is 2. The average molecular weight is 511 g/mol. The van der Waals surface area contributed by atoms with Crippen molar-refractivity contribution < 1.29 is 28.2 Å². The van der Waals surface area contributed by atoms with Gasteiger partial charge in [-0.15, -0.1) is 0 Å². The van der Waals surface area contributed by atoms with Gasteiger partial charge in [-0.2, -0.15) is 8.78 Å². The van der Waals surface area contributed by atoms with E-state index in [1.54, 1.807) is 18.2 Å². The standard InChI is InChI=1S/C29H32F2N2O4/c30-29(31,12-11-20-7-8-21-5-1-2-6-22(21)17-20)28(35)32-24(19-33-13-3-4-14-33)27(34)23-9-10-25-26(18-23)37-16-15-36-25/h1-2,5-10,17-18,24,27,34H,3-4,11-16,19H2,(H,32,35). The van der Waals surface area contributed by atoms with Gasteiger partial charge in [-0.3, -0.25) is 4.79 Å². The molecule has 8 heteroatoms. The number of nitrogens with one attached hydrogen (secondary N) is 1. The second-order valence-electron chi connectivity index (χ2n) is 9.82. The molecule has 2 atom stereocenters. The number of benzene rings is 3. The third-order valence-electron chi connectivity index (χ3n) is 7.13. The summed E-state index contributed by atoms with van der Waals surface area (Å²) in [6, 6.07) is 17.5. The van der Waals surface area contributed by atoms with Crippen LogP contribution in [0.25, 0.3) is 10.8 Å². The van der Waals surface area contributed by atoms with E-state index in [-0.39, 0.29) is 13.0 Å². The minimum absolute atomic E-state index is 0.0623. The molecule has 2 aliphatic rings. The van der Waals surface area contributed by atoms with Gasteiger partial charge in [0, 0.05) is 13.0 Å². The van der Waals surface area contributed by atoms with Crippen LogP contribution in [0.15, 0.2) is 60.7 Å². The molecule has 0 spiro atoms. The van der Waals surface area contributed by atoms with Crippen LogP contribution in [-0.4, -0.2) is 60.7 Å². The van der Waals surface area contributed by atoms with Gasteiger partial charge < -0.3 is 24.8 Å². The number of aliphatic hydroxyl groups is 1. The van der Waals surface area contributed by atoms with Gasteiger partial charge in [0.15, 0.2) is 11.5 Å². The van der Waals surface area contributed by atoms with Crippen LogP contribution >= 0.6 is 0 Å². The lowest BCUT2D eigenvalue weighted by atomic mass is 9.99. The predicted molar refractivity (Wildman–Crippen MR) is 137 cm³/mol. The van der Waals surface area contributed by atoms with Gasteiger partial charge in [-0.25, -0.2) is 0 Å². The monoisotopic (exact) mass is 510 g/mol. The Morgan fingerprint density at radius 2 is 1.70 bits per heavy atom. The first-order chi connectivity index (χ1) is 17.9. The molecule has 2 unspecified atom stereocenters. The molecule has 37 heavy (non-hydrogen) atoms. The second kappa shape index (κ2) is 11.0. The lowest BCUT2D eigenvalue weighted by Gasteiger charge is -2.30. The molecule has 2 heterocycles. The number of carbonyl (C=O) groups is 1. The topological polar surface area (TPSA) is 71.0 Å². The van der Waals surface area contributed by atoms with Crippen LogP contribution in [-0.2, 0) is 11.2 Å². The number of aliphatic hydroxyl groups excluding tert-OH is 1. The summed E-state index contributed by atoms with van der Waals surface area (Å²) < 4.78 is 41.2. The molecule has 0 aliphatic carbocycles. The normalized spacial score (nSPS) is 17.5. The molecule has 0 saturated carbocycles. The summed E-state index contributed by atoms with van der Waals surface area (Å²) in [7, 11) is 0. The molecule has 5 rings (SSSR count). The zero-order valence-corrected chi connectivity index (χ0v) is 20.7. The summed E-state index contributed by atoms with van der Waals surface area (Å²) in [5.74, 6) is -3.88. The first kappa shape index (κ1) is 25.4. The van der Waals surface area contributed by atoms with Gasteiger partial charge in [0.2, 0.25) is 0 Å². The van der Waals surface area contributed by atoms with Gasteiger partial charge in [-0.05, 0) is 66.4 Å². The van der Waals surface area contributed by atoms with E-state index < -0.39 is 30.4 Å². The third kappa shape index (κ3) is 6.02. The summed E-state index contributed by atoms with van der Waals surface area (Å²) in [6.45, 7) is 2.72. The van der Waals surface area contributed by atoms with Crippen LogP contribution in [0, 0.1) is 0 Å². The van der Waals surface area contributed by atoms with E-state index in [0.717, 1.165) is 42.3 Å². The summed E-state index contributed by atoms with van der Waals surface area (Å²) in [4.78, 5) is 14.9. The minimum atomic E-state index is -3.58. The fraction of sp³-hybridized carbons (Fsp3) is 0.414. The number of nitrogens with zero attached hydrogens (tertiary/aromatic N) is 1. The molecule has 2 N–H and O–H groups in total. The highest BCUT2D eigenvalue weighted by Gasteiger charge is 2.40. The maximum Gasteiger partial charge on any atom is 0.324 e. The van der Waals surface area contributed by atoms with Gasteiger partial charge in [-0.1, -0.05) is 48.5 Å². The van der Waals surface area contributed by atoms with Crippen LogP contribution in [0.5, 0.6) is 11.5 Å². The molecule has 1 fully saturated rings. The summed E-state index contributed by atoms with van der Waals surface area (Å²) in [5.41, 5.74) is 1.23. The Kier molecular flexibility index (Phi) is 7.58. The zero-order chi connectivity index (χ0) is 25.8. The van der Waals surface area contributed by atoms with Crippen molar-refractivity contribution in [3.8, 4) is 11.5 Å². The number of hydrogen-bond donors (Lipinski definition) is 2. The fourth-order valence-corrected chi connectivity index (χ4v) is 5.03. The van der Waals surface area contributed by atoms with Crippen LogP contribution in [0.3, 0.4) is 0 Å². The van der Waals surface area contributed by atoms with E-state index >= 15 is 8.78 Å². The fourth-order valence-electron chi connectivity index (χ4n) is 5.03. The van der Waals surface area contributed by atoms with Crippen molar-refractivity contribution in [3.63, 3.8) is 0 Å². The van der Waals surface area contributed by atoms with Crippen LogP contribution < -0.4 is 14.8 Å². The number of likely N-dealkylation sites (tertiary alicyclic amines) is 1. The van der Waals surface area contributed by atoms with E-state index in [0.29, 0.717) is 30.3 Å². The first-order valence-corrected chi connectivity index (χ1v) is 12.9. The number of ether oxygens (including phenoxy) is 2. The molecule has 3 aromatic rings. The minimum Gasteiger partial charge on any atom is -0.486 e. The molecular formula is C29H32F2N2O4. The lowest BCUT2D eigenvalue weighted by Crippen LogP contribution is -2.51. The van der Waals surface area contributed by atoms with E-state index in [1.165, 1.54) is 0 Å². The number of aryl methyl sites for hydroxylation is 1. The highest BCUT2D eigenvalue weighted by atomic mass is 19.3. The highest BCUT2D eigenvalue weighted by Crippen LogP contribution is 2.34. The van der Waals surface area contributed by atoms with Gasteiger partial charge in [0.05, 0.1) is 6.04 Å². The zero-order valence-electron chi connectivity index (χ0n) is 20.7. The molecule has 0 radical (unpaired) electrons. The second-order valence-corrected chi connectivity index (χ2v) is 9.82. The van der Waals surface area contributed by atoms with Gasteiger partial charge in [0.1, 0.15) is 19.3 Å². The van der Waals surface area contributed by atoms with Crippen molar-refractivity contribution in [2.24, 2.45) is 0 Å². The molecule has 196 valence electrons. The smallest absolute Gasteiger partial charge is 0.324 e. The van der Waals surface area contributed by atoms with Crippen molar-refractivity contribution in [2.75, 3.05) is 32.8 Å². The Morgan fingerprint density at radius 3 is 2.49 bits per heavy atom. The Balaban J connectivity index is 1.28. The van der Waals surface area contributed by atoms with Gasteiger partial charge >= 0.3 is 5.92 Å². The molecule has 0 aromatic heterocycles. The number of carbonyl (C=O) groups excluding carboxylic acids is 1. The van der Waals surface area contributed by atoms with E-state index in [4.69, 9.17) is 9.47 Å². The number of amides is 1. The molecule has 1 amide bonds. The lowest BCUT2D eigenvalue weighted by molar-refractivity contribution is -0.148. The largest absolute Gasteiger partial charge is 0.486 e. The maximum absolute atomic E-state index is 15.0. The SMILES string of the molecule is O=C(NC(CN1CCCC1)C(O)c1ccc2c(c1)OCCO2)C(F)(F)CCc1ccc2ccccc2c1. The number of alkyl halides is 2. The Morgan fingerprint density at radius 1 is 0.973 bits per heavy atom. The summed E-state index contributed by atoms with van der Waals surface area (Å²) in [6.07, 6.45) is 0.267. The molecular weight excluding hydrogens is 478 g/mol. The Labute approximate surface area is 215 Å². The predicted octanol–water partition coefficient (Wildman–Crippen LogP) is 4.49. The van der Waals surface area contributed by atoms with Crippen LogP contribution in [0.2, 0.25) is 0 Å². The van der Waals surface area contributed by atoms with Gasteiger partial charge in [0.25, 0.3) is 5.91 Å². The van der Waals surface area contributed by atoms with Crippen molar-refractivity contribution in [1.29, 1.82) is 0 Å². The van der Waals surface area contributed by atoms with E-state index in [9.17, 15) is 9.90 Å². The van der Waals surface area contributed by atoms with Crippen LogP contribution in [0.1, 0.15) is 36.5 Å². The quantitative estimate of drug-likeness (QED) is 0.444. The average Bonchev–Trinajstić information content (AvgIpc) is 3.44. The van der Waals surface area contributed by atoms with Crippen molar-refractivity contribution in [3.05, 3.63) is 71.8 Å². The molecule has 2 aliphatic heterocycles. The summed E-state index contributed by atoms with van der Waals surface area (Å²) >= 11 is 0. The maximum atomic E-state index is 15.0. The highest BCUT2D eigenvalue weighted by molar-refractivity contribution is 5.84. The van der Waals surface area contributed by atoms with Crippen molar-refractivity contribution in [2.45, 2.75) is 43.8 Å². The van der Waals surface area contributed by atoms with Crippen molar-refractivity contribution in [1.82, 2.24) is 10.2 Å². The molecule has 6 nitrogen and oxygen atoms in total.